The van der Waals surface area contributed by atoms with Gasteiger partial charge in [0.2, 0.25) is 0 Å². The second-order valence-corrected chi connectivity index (χ2v) is 3.67. The zero-order valence-electron chi connectivity index (χ0n) is 5.29. The van der Waals surface area contributed by atoms with Crippen molar-refractivity contribution in [1.82, 2.24) is 0 Å². The molecule has 0 spiro atoms. The van der Waals surface area contributed by atoms with E-state index < -0.39 is 0 Å². The third kappa shape index (κ3) is 0.732. The Kier molecular flexibility index (Phi) is 1.34. The number of carbonyl (C=O) groups excluding carboxylic acids is 1. The van der Waals surface area contributed by atoms with Crippen LogP contribution in [0, 0.1) is 5.92 Å². The highest BCUT2D eigenvalue weighted by Crippen LogP contribution is 2.34. The average Bonchev–Trinajstić information content (AvgIpc) is 2.16. The Bertz CT molecular complexity index is 200. The summed E-state index contributed by atoms with van der Waals surface area (Å²) in [5, 5.41) is 0. The van der Waals surface area contributed by atoms with Gasteiger partial charge in [-0.05, 0) is 0 Å². The summed E-state index contributed by atoms with van der Waals surface area (Å²) >= 11 is 3.42. The maximum absolute atomic E-state index is 11.0. The first-order valence-electron chi connectivity index (χ1n) is 3.30. The smallest absolute Gasteiger partial charge is 0.314 e. The van der Waals surface area contributed by atoms with Crippen molar-refractivity contribution in [2.45, 2.75) is 17.4 Å². The Labute approximate surface area is 67.4 Å². The van der Waals surface area contributed by atoms with Crippen LogP contribution in [0.4, 0.5) is 0 Å². The molecule has 2 aliphatic rings. The molecule has 2 bridgehead atoms. The molecule has 0 saturated carbocycles. The lowest BCUT2D eigenvalue weighted by Gasteiger charge is -2.14. The summed E-state index contributed by atoms with van der Waals surface area (Å²) in [6.07, 6.45) is 4.88. The number of ether oxygens (including phenoxy) is 1. The van der Waals surface area contributed by atoms with Gasteiger partial charge in [0, 0.05) is 6.42 Å². The lowest BCUT2D eigenvalue weighted by Crippen LogP contribution is -2.21. The molecule has 54 valence electrons. The molecular formula is C7H7BrO2. The Morgan fingerprint density at radius 1 is 1.70 bits per heavy atom. The minimum absolute atomic E-state index is 0.0289. The van der Waals surface area contributed by atoms with E-state index in [0.717, 1.165) is 6.42 Å². The second kappa shape index (κ2) is 2.09. The van der Waals surface area contributed by atoms with Crippen LogP contribution in [0.5, 0.6) is 0 Å². The van der Waals surface area contributed by atoms with Crippen molar-refractivity contribution in [1.29, 1.82) is 0 Å². The van der Waals surface area contributed by atoms with Crippen LogP contribution in [0.1, 0.15) is 6.42 Å². The van der Waals surface area contributed by atoms with E-state index in [0.29, 0.717) is 0 Å². The number of fused-ring (bicyclic) bond motifs is 2. The van der Waals surface area contributed by atoms with Crippen molar-refractivity contribution in [3.63, 3.8) is 0 Å². The van der Waals surface area contributed by atoms with Gasteiger partial charge in [-0.1, -0.05) is 28.1 Å². The zero-order chi connectivity index (χ0) is 7.14. The molecule has 1 saturated heterocycles. The van der Waals surface area contributed by atoms with Crippen LogP contribution in [0.15, 0.2) is 12.2 Å². The van der Waals surface area contributed by atoms with Crippen molar-refractivity contribution in [3.05, 3.63) is 12.2 Å². The number of carbonyl (C=O) groups is 1. The molecule has 3 atom stereocenters. The van der Waals surface area contributed by atoms with Gasteiger partial charge >= 0.3 is 5.97 Å². The van der Waals surface area contributed by atoms with Crippen molar-refractivity contribution in [2.24, 2.45) is 5.92 Å². The van der Waals surface area contributed by atoms with Gasteiger partial charge in [0.15, 0.2) is 0 Å². The summed E-state index contributed by atoms with van der Waals surface area (Å²) in [6, 6.07) is 0. The Balaban J connectivity index is 2.32. The summed E-state index contributed by atoms with van der Waals surface area (Å²) in [4.78, 5) is 11.2. The molecule has 2 nitrogen and oxygen atoms in total. The predicted molar refractivity (Wildman–Crippen MR) is 39.8 cm³/mol. The van der Waals surface area contributed by atoms with Gasteiger partial charge in [-0.2, -0.15) is 0 Å². The molecule has 1 aliphatic carbocycles. The highest BCUT2D eigenvalue weighted by molar-refractivity contribution is 9.09. The van der Waals surface area contributed by atoms with Crippen molar-refractivity contribution < 1.29 is 9.53 Å². The van der Waals surface area contributed by atoms with Gasteiger partial charge in [0.1, 0.15) is 6.10 Å². The lowest BCUT2D eigenvalue weighted by atomic mass is 9.97. The first-order chi connectivity index (χ1) is 4.79. The number of hydrogen-bond donors (Lipinski definition) is 0. The normalized spacial score (nSPS) is 43.7. The van der Waals surface area contributed by atoms with E-state index in [4.69, 9.17) is 4.74 Å². The standard InChI is InChI=1S/C7H7BrO2/c8-6-4-2-1-3-5(6)10-7(4)9/h1-2,4-6H,3H2/t4-,5+,6-/m0/s1. The predicted octanol–water partition coefficient (Wildman–Crippen LogP) is 1.25. The van der Waals surface area contributed by atoms with Crippen LogP contribution in [0.25, 0.3) is 0 Å². The molecule has 1 aliphatic heterocycles. The Morgan fingerprint density at radius 2 is 2.50 bits per heavy atom. The highest BCUT2D eigenvalue weighted by Gasteiger charge is 2.42. The van der Waals surface area contributed by atoms with Gasteiger partial charge in [-0.25, -0.2) is 0 Å². The van der Waals surface area contributed by atoms with E-state index in [-0.39, 0.29) is 22.8 Å². The fraction of sp³-hybridized carbons (Fsp3) is 0.571. The van der Waals surface area contributed by atoms with Crippen LogP contribution in [0.3, 0.4) is 0 Å². The summed E-state index contributed by atoms with van der Waals surface area (Å²) in [5.74, 6) is -0.112. The molecule has 0 radical (unpaired) electrons. The zero-order valence-corrected chi connectivity index (χ0v) is 6.87. The largest absolute Gasteiger partial charge is 0.460 e. The molecule has 0 aromatic heterocycles. The molecule has 0 amide bonds. The molecule has 10 heavy (non-hydrogen) atoms. The molecule has 0 unspecified atom stereocenters. The van der Waals surface area contributed by atoms with Crippen LogP contribution < -0.4 is 0 Å². The van der Waals surface area contributed by atoms with E-state index in [1.165, 1.54) is 0 Å². The monoisotopic (exact) mass is 202 g/mol. The van der Waals surface area contributed by atoms with E-state index in [1.807, 2.05) is 12.2 Å². The fourth-order valence-electron chi connectivity index (χ4n) is 1.38. The topological polar surface area (TPSA) is 26.3 Å². The fourth-order valence-corrected chi connectivity index (χ4v) is 2.09. The molecule has 0 N–H and O–H groups in total. The molecule has 0 aromatic rings. The van der Waals surface area contributed by atoms with Crippen LogP contribution in [0.2, 0.25) is 0 Å². The number of rotatable bonds is 0. The van der Waals surface area contributed by atoms with Gasteiger partial charge in [0.05, 0.1) is 10.7 Å². The summed E-state index contributed by atoms with van der Waals surface area (Å²) in [6.45, 7) is 0. The van der Waals surface area contributed by atoms with Gasteiger partial charge in [-0.15, -0.1) is 0 Å². The molecule has 0 aromatic carbocycles. The Morgan fingerprint density at radius 3 is 3.10 bits per heavy atom. The lowest BCUT2D eigenvalue weighted by molar-refractivity contribution is -0.142. The van der Waals surface area contributed by atoms with Crippen molar-refractivity contribution in [3.8, 4) is 0 Å². The summed E-state index contributed by atoms with van der Waals surface area (Å²) in [7, 11) is 0. The third-order valence-corrected chi connectivity index (χ3v) is 3.11. The molecule has 1 heterocycles. The number of alkyl halides is 1. The van der Waals surface area contributed by atoms with Gasteiger partial charge < -0.3 is 4.74 Å². The van der Waals surface area contributed by atoms with Crippen LogP contribution in [-0.4, -0.2) is 16.9 Å². The third-order valence-electron chi connectivity index (χ3n) is 1.95. The van der Waals surface area contributed by atoms with E-state index in [9.17, 15) is 4.79 Å². The number of esters is 1. The number of hydrogen-bond acceptors (Lipinski definition) is 2. The van der Waals surface area contributed by atoms with Crippen molar-refractivity contribution >= 4 is 21.9 Å². The quantitative estimate of drug-likeness (QED) is 0.336. The molecular weight excluding hydrogens is 196 g/mol. The maximum atomic E-state index is 11.0. The minimum Gasteiger partial charge on any atom is -0.460 e. The first kappa shape index (κ1) is 6.40. The summed E-state index contributed by atoms with van der Waals surface area (Å²) < 4.78 is 5.05. The van der Waals surface area contributed by atoms with Gasteiger partial charge in [-0.3, -0.25) is 4.79 Å². The average molecular weight is 203 g/mol. The van der Waals surface area contributed by atoms with E-state index in [2.05, 4.69) is 15.9 Å². The van der Waals surface area contributed by atoms with E-state index >= 15 is 0 Å². The van der Waals surface area contributed by atoms with Crippen LogP contribution in [-0.2, 0) is 9.53 Å². The van der Waals surface area contributed by atoms with E-state index in [1.54, 1.807) is 0 Å². The SMILES string of the molecule is O=C1O[C@@H]2CC=C[C@H]1[C@@H]2Br. The van der Waals surface area contributed by atoms with Gasteiger partial charge in [0.25, 0.3) is 0 Å². The number of halogens is 1. The molecule has 2 rings (SSSR count). The molecule has 1 fully saturated rings. The maximum Gasteiger partial charge on any atom is 0.314 e. The first-order valence-corrected chi connectivity index (χ1v) is 4.22. The van der Waals surface area contributed by atoms with Crippen LogP contribution >= 0.6 is 15.9 Å². The Hall–Kier alpha value is -0.310. The minimum atomic E-state index is -0.0828. The highest BCUT2D eigenvalue weighted by atomic mass is 79.9. The molecule has 3 heteroatoms. The van der Waals surface area contributed by atoms with Crippen molar-refractivity contribution in [2.75, 3.05) is 0 Å². The second-order valence-electron chi connectivity index (χ2n) is 2.61. The summed E-state index contributed by atoms with van der Waals surface area (Å²) in [5.41, 5.74) is 0.